The summed E-state index contributed by atoms with van der Waals surface area (Å²) < 4.78 is 45.8. The number of nitrogens with one attached hydrogen (secondary N) is 2. The third-order valence-corrected chi connectivity index (χ3v) is 6.30. The third-order valence-electron chi connectivity index (χ3n) is 6.30. The molecule has 0 radical (unpaired) electrons. The molecule has 0 bridgehead atoms. The zero-order valence-corrected chi connectivity index (χ0v) is 20.1. The maximum Gasteiger partial charge on any atom is 0.431 e. The van der Waals surface area contributed by atoms with Gasteiger partial charge in [0, 0.05) is 24.8 Å². The first-order valence-corrected chi connectivity index (χ1v) is 12.0. The number of hydrogen-bond donors (Lipinski definition) is 2. The number of ether oxygens (including phenoxy) is 1. The highest BCUT2D eigenvalue weighted by molar-refractivity contribution is 6.02. The van der Waals surface area contributed by atoms with Gasteiger partial charge in [-0.1, -0.05) is 18.2 Å². The standard InChI is InChI=1S/C27H24F3N5O3/c28-27(29,30)24-11-10-23(33-24)25(36)32-19-16-31-35(17-19)20-12-14-34(15-13-20)26(37)18-6-8-22(9-7-18)38-21-4-2-1-3-5-21/h1-11,16-17,20,33H,12-15H2,(H,32,36). The van der Waals surface area contributed by atoms with Crippen LogP contribution >= 0.6 is 0 Å². The number of H-pyrrole nitrogens is 1. The van der Waals surface area contributed by atoms with Gasteiger partial charge in [-0.25, -0.2) is 0 Å². The van der Waals surface area contributed by atoms with Gasteiger partial charge in [0.1, 0.15) is 22.9 Å². The van der Waals surface area contributed by atoms with Gasteiger partial charge in [-0.15, -0.1) is 0 Å². The summed E-state index contributed by atoms with van der Waals surface area (Å²) in [5.74, 6) is 0.605. The van der Waals surface area contributed by atoms with E-state index in [1.165, 1.54) is 6.20 Å². The van der Waals surface area contributed by atoms with E-state index < -0.39 is 17.8 Å². The third kappa shape index (κ3) is 5.72. The van der Waals surface area contributed by atoms with E-state index >= 15 is 0 Å². The zero-order chi connectivity index (χ0) is 26.7. The fourth-order valence-electron chi connectivity index (χ4n) is 4.30. The molecule has 196 valence electrons. The Balaban J connectivity index is 1.13. The smallest absolute Gasteiger partial charge is 0.431 e. The minimum Gasteiger partial charge on any atom is -0.457 e. The lowest BCUT2D eigenvalue weighted by Gasteiger charge is -2.32. The number of halogens is 3. The number of carbonyl (C=O) groups is 2. The Morgan fingerprint density at radius 2 is 1.63 bits per heavy atom. The van der Waals surface area contributed by atoms with Crippen LogP contribution in [0.15, 0.2) is 79.1 Å². The fourth-order valence-corrected chi connectivity index (χ4v) is 4.30. The molecule has 5 rings (SSSR count). The molecule has 2 aromatic carbocycles. The summed E-state index contributed by atoms with van der Waals surface area (Å²) in [7, 11) is 0. The van der Waals surface area contributed by atoms with Crippen LogP contribution in [0.5, 0.6) is 11.5 Å². The monoisotopic (exact) mass is 523 g/mol. The van der Waals surface area contributed by atoms with E-state index in [4.69, 9.17) is 4.74 Å². The Hall–Kier alpha value is -4.54. The number of aromatic amines is 1. The molecular weight excluding hydrogens is 499 g/mol. The number of likely N-dealkylation sites (tertiary alicyclic amines) is 1. The summed E-state index contributed by atoms with van der Waals surface area (Å²) in [5, 5.41) is 6.85. The van der Waals surface area contributed by atoms with Crippen LogP contribution in [0.2, 0.25) is 0 Å². The molecule has 38 heavy (non-hydrogen) atoms. The molecule has 1 aliphatic heterocycles. The summed E-state index contributed by atoms with van der Waals surface area (Å²) in [5.41, 5.74) is -0.243. The van der Waals surface area contributed by atoms with Crippen molar-refractivity contribution in [3.63, 3.8) is 0 Å². The molecule has 11 heteroatoms. The number of nitrogens with zero attached hydrogens (tertiary/aromatic N) is 3. The predicted molar refractivity (Wildman–Crippen MR) is 133 cm³/mol. The quantitative estimate of drug-likeness (QED) is 0.337. The van der Waals surface area contributed by atoms with Crippen LogP contribution in [0.4, 0.5) is 18.9 Å². The lowest BCUT2D eigenvalue weighted by atomic mass is 10.0. The molecular formula is C27H24F3N5O3. The topological polar surface area (TPSA) is 92.2 Å². The van der Waals surface area contributed by atoms with E-state index in [1.807, 2.05) is 30.3 Å². The Bertz CT molecular complexity index is 1410. The summed E-state index contributed by atoms with van der Waals surface area (Å²) in [6, 6.07) is 18.3. The van der Waals surface area contributed by atoms with E-state index in [0.717, 1.165) is 17.9 Å². The SMILES string of the molecule is O=C(Nc1cnn(C2CCN(C(=O)c3ccc(Oc4ccccc4)cc3)CC2)c1)c1ccc(C(F)(F)F)[nH]1. The molecule has 1 aliphatic rings. The van der Waals surface area contributed by atoms with Gasteiger partial charge >= 0.3 is 6.18 Å². The lowest BCUT2D eigenvalue weighted by Crippen LogP contribution is -2.39. The van der Waals surface area contributed by atoms with Crippen molar-refractivity contribution in [2.75, 3.05) is 18.4 Å². The molecule has 1 saturated heterocycles. The molecule has 0 spiro atoms. The minimum absolute atomic E-state index is 0.0219. The number of para-hydroxylation sites is 1. The Morgan fingerprint density at radius 3 is 2.29 bits per heavy atom. The average Bonchev–Trinajstić information content (AvgIpc) is 3.60. The molecule has 3 heterocycles. The molecule has 0 unspecified atom stereocenters. The van der Waals surface area contributed by atoms with Crippen molar-refractivity contribution in [1.82, 2.24) is 19.7 Å². The molecule has 0 atom stereocenters. The number of benzene rings is 2. The number of anilines is 1. The van der Waals surface area contributed by atoms with Crippen molar-refractivity contribution in [2.45, 2.75) is 25.1 Å². The minimum atomic E-state index is -4.56. The van der Waals surface area contributed by atoms with Crippen LogP contribution in [-0.2, 0) is 6.18 Å². The lowest BCUT2D eigenvalue weighted by molar-refractivity contribution is -0.140. The average molecular weight is 524 g/mol. The molecule has 2 N–H and O–H groups in total. The van der Waals surface area contributed by atoms with Gasteiger partial charge in [-0.3, -0.25) is 14.3 Å². The van der Waals surface area contributed by atoms with E-state index in [9.17, 15) is 22.8 Å². The number of piperidine rings is 1. The fraction of sp³-hybridized carbons (Fsp3) is 0.222. The van der Waals surface area contributed by atoms with Crippen molar-refractivity contribution in [2.24, 2.45) is 0 Å². The molecule has 2 amide bonds. The number of aromatic nitrogens is 3. The van der Waals surface area contributed by atoms with Crippen molar-refractivity contribution in [3.8, 4) is 11.5 Å². The molecule has 1 fully saturated rings. The van der Waals surface area contributed by atoms with Gasteiger partial charge in [0.25, 0.3) is 11.8 Å². The molecule has 0 saturated carbocycles. The first-order chi connectivity index (χ1) is 18.3. The summed E-state index contributed by atoms with van der Waals surface area (Å²) in [6.45, 7) is 1.08. The summed E-state index contributed by atoms with van der Waals surface area (Å²) >= 11 is 0. The second kappa shape index (κ2) is 10.4. The number of alkyl halides is 3. The van der Waals surface area contributed by atoms with Gasteiger partial charge in [0.15, 0.2) is 0 Å². The van der Waals surface area contributed by atoms with Crippen molar-refractivity contribution in [1.29, 1.82) is 0 Å². The highest BCUT2D eigenvalue weighted by atomic mass is 19.4. The summed E-state index contributed by atoms with van der Waals surface area (Å²) in [6.07, 6.45) is -0.135. The molecule has 2 aromatic heterocycles. The molecule has 4 aromatic rings. The highest BCUT2D eigenvalue weighted by Gasteiger charge is 2.33. The second-order valence-electron chi connectivity index (χ2n) is 8.91. The highest BCUT2D eigenvalue weighted by Crippen LogP contribution is 2.29. The van der Waals surface area contributed by atoms with Crippen molar-refractivity contribution >= 4 is 17.5 Å². The van der Waals surface area contributed by atoms with Crippen LogP contribution in [0.25, 0.3) is 0 Å². The Morgan fingerprint density at radius 1 is 0.947 bits per heavy atom. The largest absolute Gasteiger partial charge is 0.457 e. The normalized spacial score (nSPS) is 14.3. The number of rotatable bonds is 6. The maximum absolute atomic E-state index is 13.0. The van der Waals surface area contributed by atoms with Gasteiger partial charge in [0.2, 0.25) is 0 Å². The van der Waals surface area contributed by atoms with Crippen molar-refractivity contribution in [3.05, 3.63) is 96.1 Å². The van der Waals surface area contributed by atoms with E-state index in [0.29, 0.717) is 42.9 Å². The van der Waals surface area contributed by atoms with E-state index in [-0.39, 0.29) is 17.6 Å². The summed E-state index contributed by atoms with van der Waals surface area (Å²) in [4.78, 5) is 29.2. The van der Waals surface area contributed by atoms with E-state index in [2.05, 4.69) is 15.4 Å². The maximum atomic E-state index is 13.0. The number of hydrogen-bond acceptors (Lipinski definition) is 4. The van der Waals surface area contributed by atoms with E-state index in [1.54, 1.807) is 40.0 Å². The van der Waals surface area contributed by atoms with Gasteiger partial charge < -0.3 is 19.9 Å². The molecule has 0 aliphatic carbocycles. The second-order valence-corrected chi connectivity index (χ2v) is 8.91. The Kier molecular flexibility index (Phi) is 6.91. The first-order valence-electron chi connectivity index (χ1n) is 12.0. The Labute approximate surface area is 216 Å². The van der Waals surface area contributed by atoms with Crippen LogP contribution in [0.3, 0.4) is 0 Å². The van der Waals surface area contributed by atoms with Crippen molar-refractivity contribution < 1.29 is 27.5 Å². The number of amides is 2. The zero-order valence-electron chi connectivity index (χ0n) is 20.1. The predicted octanol–water partition coefficient (Wildman–Crippen LogP) is 5.75. The first kappa shape index (κ1) is 25.1. The number of carbonyl (C=O) groups excluding carboxylic acids is 2. The van der Waals surface area contributed by atoms with Crippen LogP contribution in [-0.4, -0.2) is 44.6 Å². The van der Waals surface area contributed by atoms with Gasteiger partial charge in [-0.05, 0) is 61.4 Å². The van der Waals surface area contributed by atoms with Crippen LogP contribution < -0.4 is 10.1 Å². The van der Waals surface area contributed by atoms with Crippen LogP contribution in [0, 0.1) is 0 Å². The van der Waals surface area contributed by atoms with Crippen LogP contribution in [0.1, 0.15) is 45.4 Å². The van der Waals surface area contributed by atoms with Gasteiger partial charge in [0.05, 0.1) is 17.9 Å². The molecule has 8 nitrogen and oxygen atoms in total. The van der Waals surface area contributed by atoms with Gasteiger partial charge in [-0.2, -0.15) is 18.3 Å².